The van der Waals surface area contributed by atoms with Crippen LogP contribution in [0.1, 0.15) is 33.4 Å². The van der Waals surface area contributed by atoms with E-state index in [-0.39, 0.29) is 0 Å². The average molecular weight is 1680 g/mol. The molecule has 3 nitrogen and oxygen atoms in total. The fourth-order valence-electron chi connectivity index (χ4n) is 21.5. The maximum Gasteiger partial charge on any atom is 0.0541 e. The molecule has 3 aliphatic carbocycles. The molecule has 3 heteroatoms. The molecule has 0 saturated carbocycles. The van der Waals surface area contributed by atoms with Gasteiger partial charge in [-0.3, -0.25) is 0 Å². The third-order valence-corrected chi connectivity index (χ3v) is 27.8. The van der Waals surface area contributed by atoms with Crippen molar-refractivity contribution in [3.8, 4) is 151 Å². The molecule has 0 unspecified atom stereocenters. The highest BCUT2D eigenvalue weighted by atomic mass is 15.0. The molecule has 0 spiro atoms. The van der Waals surface area contributed by atoms with E-state index in [1.165, 1.54) is 249 Å². The quantitative estimate of drug-likeness (QED) is 0.116. The number of rotatable bonds is 12. The zero-order chi connectivity index (χ0) is 87.1. The highest BCUT2D eigenvalue weighted by Gasteiger charge is 2.30. The lowest BCUT2D eigenvalue weighted by Gasteiger charge is -2.16. The van der Waals surface area contributed by atoms with Crippen molar-refractivity contribution in [1.29, 1.82) is 0 Å². The summed E-state index contributed by atoms with van der Waals surface area (Å²) in [5, 5.41) is 7.75. The molecule has 3 aliphatic rings. The van der Waals surface area contributed by atoms with Crippen LogP contribution in [0.5, 0.6) is 0 Å². The fourth-order valence-corrected chi connectivity index (χ4v) is 21.5. The number of aromatic nitrogens is 3. The monoisotopic (exact) mass is 1680 g/mol. The Morgan fingerprint density at radius 1 is 0.129 bits per heavy atom. The molecule has 21 aromatic carbocycles. The first-order valence-corrected chi connectivity index (χ1v) is 46.0. The number of benzene rings is 21. The van der Waals surface area contributed by atoms with Crippen molar-refractivity contribution in [1.82, 2.24) is 13.7 Å². The fraction of sp³-hybridized carbons (Fsp3) is 0.0233. The van der Waals surface area contributed by atoms with E-state index in [1.54, 1.807) is 0 Å². The Hall–Kier alpha value is -17.0. The molecule has 3 heterocycles. The zero-order valence-corrected chi connectivity index (χ0v) is 72.7. The Bertz CT molecular complexity index is 8450. The number of hydrogen-bond donors (Lipinski definition) is 0. The van der Waals surface area contributed by atoms with E-state index in [2.05, 4.69) is 505 Å². The molecule has 0 amide bonds. The van der Waals surface area contributed by atoms with Crippen LogP contribution in [0, 0.1) is 0 Å². The number of nitrogens with zero attached hydrogens (tertiary/aromatic N) is 3. The lowest BCUT2D eigenvalue weighted by atomic mass is 9.92. The van der Waals surface area contributed by atoms with Gasteiger partial charge in [0, 0.05) is 50.1 Å². The van der Waals surface area contributed by atoms with Crippen LogP contribution in [-0.2, 0) is 19.3 Å². The summed E-state index contributed by atoms with van der Waals surface area (Å²) in [6.07, 6.45) is 2.81. The zero-order valence-electron chi connectivity index (χ0n) is 72.7. The molecule has 0 aliphatic heterocycles. The Balaban J connectivity index is 0.000000106. The third kappa shape index (κ3) is 13.6. The van der Waals surface area contributed by atoms with Crippen LogP contribution in [0.25, 0.3) is 216 Å². The van der Waals surface area contributed by atoms with E-state index in [9.17, 15) is 0 Å². The van der Waals surface area contributed by atoms with Gasteiger partial charge in [-0.2, -0.15) is 0 Å². The van der Waals surface area contributed by atoms with E-state index >= 15 is 0 Å². The van der Waals surface area contributed by atoms with Gasteiger partial charge in [-0.1, -0.05) is 406 Å². The van der Waals surface area contributed by atoms with Crippen LogP contribution in [0.2, 0.25) is 0 Å². The molecular weight excluding hydrogens is 1590 g/mol. The lowest BCUT2D eigenvalue weighted by Crippen LogP contribution is -1.99. The van der Waals surface area contributed by atoms with Crippen LogP contribution in [0.4, 0.5) is 0 Å². The van der Waals surface area contributed by atoms with E-state index < -0.39 is 0 Å². The predicted molar refractivity (Wildman–Crippen MR) is 556 cm³/mol. The van der Waals surface area contributed by atoms with Crippen molar-refractivity contribution in [2.45, 2.75) is 19.3 Å². The molecule has 0 saturated heterocycles. The van der Waals surface area contributed by atoms with Crippen LogP contribution in [-0.4, -0.2) is 13.7 Å². The first-order valence-electron chi connectivity index (χ1n) is 46.0. The Labute approximate surface area is 768 Å². The third-order valence-electron chi connectivity index (χ3n) is 27.8. The van der Waals surface area contributed by atoms with Gasteiger partial charge in [0.05, 0.1) is 38.8 Å². The van der Waals surface area contributed by atoms with Crippen molar-refractivity contribution in [2.75, 3.05) is 0 Å². The smallest absolute Gasteiger partial charge is 0.0541 e. The average Bonchev–Trinajstić information content (AvgIpc) is 1.56. The summed E-state index contributed by atoms with van der Waals surface area (Å²) in [6.45, 7) is 0. The number of hydrogen-bond acceptors (Lipinski definition) is 0. The molecule has 0 atom stereocenters. The van der Waals surface area contributed by atoms with Crippen LogP contribution >= 0.6 is 0 Å². The molecule has 24 aromatic rings. The first-order chi connectivity index (χ1) is 65.5. The molecule has 0 fully saturated rings. The predicted octanol–water partition coefficient (Wildman–Crippen LogP) is 34.1. The maximum atomic E-state index is 2.47. The standard InChI is InChI=1S/3C43H29N/c1-2-11-29(12-3-1)30-23-25-31(26-24-30)32-13-8-14-33(27-32)34-17-9-18-35-36-19-10-22-43(40(36)28-39(34)35)44-41-20-6-4-15-37(41)38-16-5-7-21-42(38)44;1-2-10-29(11-3-1)30-20-22-31(23-21-30)32-12-8-13-33(26-32)36-16-9-17-37-40-28-35(25-24-34(40)27-41(36)37)44-42-18-6-4-14-38(42)39-15-5-7-19-43(39)44;1-2-11-29(12-3-1)30-21-23-31(24-22-30)32-14-10-15-33(25-32)39-27-35(28-41-36-16-5-4-13-34(36)26-40(39)41)44-42-19-8-6-17-37(42)38-18-7-9-20-43(38)44/h1-27H,28H2;1-26,28H,27H2;1-25,27-28H,26H2. The minimum atomic E-state index is 0.911. The van der Waals surface area contributed by atoms with Gasteiger partial charge in [-0.05, 0) is 265 Å². The topological polar surface area (TPSA) is 14.8 Å². The molecule has 132 heavy (non-hydrogen) atoms. The molecule has 0 bridgehead atoms. The minimum absolute atomic E-state index is 0.911. The Morgan fingerprint density at radius 2 is 0.394 bits per heavy atom. The van der Waals surface area contributed by atoms with Gasteiger partial charge < -0.3 is 13.7 Å². The molecule has 0 radical (unpaired) electrons. The minimum Gasteiger partial charge on any atom is -0.309 e. The van der Waals surface area contributed by atoms with Crippen molar-refractivity contribution in [2.24, 2.45) is 0 Å². The summed E-state index contributed by atoms with van der Waals surface area (Å²) >= 11 is 0. The van der Waals surface area contributed by atoms with Gasteiger partial charge in [0.15, 0.2) is 0 Å². The van der Waals surface area contributed by atoms with Crippen molar-refractivity contribution >= 4 is 65.4 Å². The lowest BCUT2D eigenvalue weighted by molar-refractivity contribution is 1.12. The highest BCUT2D eigenvalue weighted by molar-refractivity contribution is 6.12. The van der Waals surface area contributed by atoms with Gasteiger partial charge in [-0.15, -0.1) is 0 Å². The highest BCUT2D eigenvalue weighted by Crippen LogP contribution is 2.50. The van der Waals surface area contributed by atoms with Gasteiger partial charge in [0.25, 0.3) is 0 Å². The van der Waals surface area contributed by atoms with Crippen molar-refractivity contribution < 1.29 is 0 Å². The summed E-state index contributed by atoms with van der Waals surface area (Å²) in [4.78, 5) is 0. The second kappa shape index (κ2) is 32.7. The summed E-state index contributed by atoms with van der Waals surface area (Å²) in [5.41, 5.74) is 50.2. The van der Waals surface area contributed by atoms with Gasteiger partial charge in [0.2, 0.25) is 0 Å². The summed E-state index contributed by atoms with van der Waals surface area (Å²) in [5.74, 6) is 0. The molecule has 27 rings (SSSR count). The van der Waals surface area contributed by atoms with E-state index in [0.29, 0.717) is 0 Å². The van der Waals surface area contributed by atoms with E-state index in [1.807, 2.05) is 0 Å². The van der Waals surface area contributed by atoms with E-state index in [0.717, 1.165) is 19.3 Å². The summed E-state index contributed by atoms with van der Waals surface area (Å²) < 4.78 is 7.33. The number of fused-ring (bicyclic) bond motifs is 18. The van der Waals surface area contributed by atoms with Crippen LogP contribution in [0.3, 0.4) is 0 Å². The molecular formula is C129H87N3. The molecule has 3 aromatic heterocycles. The molecule has 618 valence electrons. The van der Waals surface area contributed by atoms with Crippen molar-refractivity contribution in [3.05, 3.63) is 525 Å². The normalized spacial score (nSPS) is 12.0. The van der Waals surface area contributed by atoms with E-state index in [4.69, 9.17) is 0 Å². The van der Waals surface area contributed by atoms with Crippen LogP contribution in [0.15, 0.2) is 491 Å². The molecule has 0 N–H and O–H groups in total. The number of para-hydroxylation sites is 6. The van der Waals surface area contributed by atoms with Gasteiger partial charge >= 0.3 is 0 Å². The summed E-state index contributed by atoms with van der Waals surface area (Å²) in [6, 6.07) is 179. The Morgan fingerprint density at radius 3 is 0.826 bits per heavy atom. The van der Waals surface area contributed by atoms with Gasteiger partial charge in [0.1, 0.15) is 0 Å². The second-order valence-corrected chi connectivity index (χ2v) is 35.2. The van der Waals surface area contributed by atoms with Gasteiger partial charge in [-0.25, -0.2) is 0 Å². The maximum absolute atomic E-state index is 2.47. The van der Waals surface area contributed by atoms with Crippen LogP contribution < -0.4 is 0 Å². The summed E-state index contributed by atoms with van der Waals surface area (Å²) in [7, 11) is 0. The SMILES string of the molecule is c1ccc(-c2ccc(-c3cccc(-c4cc(-n5c6ccccc6c6ccccc65)cc5c4Cc4ccccc4-5)c3)cc2)cc1.c1ccc(-c2ccc(-c3cccc(-c4cccc5c4Cc4c-5cccc4-n4c5ccccc5c5ccccc54)c3)cc2)cc1.c1ccc(-c2ccc(-c3cccc(-c4cccc5c4Cc4ccc(-n6c7ccccc7c7ccccc76)cc4-5)c3)cc2)cc1. The van der Waals surface area contributed by atoms with Crippen molar-refractivity contribution in [3.63, 3.8) is 0 Å². The Kier molecular flexibility index (Phi) is 19.2. The second-order valence-electron chi connectivity index (χ2n) is 35.2. The first kappa shape index (κ1) is 77.4. The largest absolute Gasteiger partial charge is 0.309 e.